The molecule has 0 fully saturated rings. The number of carbonyl (C=O) groups is 1. The van der Waals surface area contributed by atoms with E-state index in [4.69, 9.17) is 0 Å². The number of fused-ring (bicyclic) bond motifs is 1. The molecule has 0 radical (unpaired) electrons. The summed E-state index contributed by atoms with van der Waals surface area (Å²) in [7, 11) is 0. The number of hydrogen-bond donors (Lipinski definition) is 0. The SMILES string of the molecule is Cc1cc(C(=O)N2CCc3ccccc3C2)ncn1. The number of carbonyl (C=O) groups excluding carboxylic acids is 1. The van der Waals surface area contributed by atoms with Crippen LogP contribution in [0.25, 0.3) is 0 Å². The van der Waals surface area contributed by atoms with Crippen LogP contribution in [0.5, 0.6) is 0 Å². The first kappa shape index (κ1) is 11.8. The number of nitrogens with zero attached hydrogens (tertiary/aromatic N) is 3. The summed E-state index contributed by atoms with van der Waals surface area (Å²) in [6, 6.07) is 10.0. The molecular formula is C15H15N3O. The van der Waals surface area contributed by atoms with Gasteiger partial charge < -0.3 is 4.90 Å². The fourth-order valence-corrected chi connectivity index (χ4v) is 2.40. The summed E-state index contributed by atoms with van der Waals surface area (Å²) >= 11 is 0. The Balaban J connectivity index is 1.83. The van der Waals surface area contributed by atoms with Crippen LogP contribution in [0.1, 0.15) is 27.3 Å². The second kappa shape index (κ2) is 4.80. The van der Waals surface area contributed by atoms with Crippen molar-refractivity contribution in [3.05, 3.63) is 59.2 Å². The molecule has 3 rings (SSSR count). The first-order valence-electron chi connectivity index (χ1n) is 6.39. The molecule has 1 amide bonds. The fourth-order valence-electron chi connectivity index (χ4n) is 2.40. The van der Waals surface area contributed by atoms with Gasteiger partial charge in [0.2, 0.25) is 0 Å². The normalized spacial score (nSPS) is 14.1. The Morgan fingerprint density at radius 3 is 2.79 bits per heavy atom. The van der Waals surface area contributed by atoms with Gasteiger partial charge >= 0.3 is 0 Å². The van der Waals surface area contributed by atoms with Gasteiger partial charge in [-0.1, -0.05) is 24.3 Å². The van der Waals surface area contributed by atoms with Crippen LogP contribution in [0, 0.1) is 6.92 Å². The lowest BCUT2D eigenvalue weighted by Gasteiger charge is -2.28. The van der Waals surface area contributed by atoms with Crippen LogP contribution in [0.2, 0.25) is 0 Å². The predicted octanol–water partition coefficient (Wildman–Crippen LogP) is 1.98. The molecule has 4 nitrogen and oxygen atoms in total. The minimum Gasteiger partial charge on any atom is -0.333 e. The maximum absolute atomic E-state index is 12.4. The van der Waals surface area contributed by atoms with Crippen molar-refractivity contribution in [2.75, 3.05) is 6.54 Å². The van der Waals surface area contributed by atoms with E-state index in [1.54, 1.807) is 6.07 Å². The maximum atomic E-state index is 12.4. The Bertz CT molecular complexity index is 624. The summed E-state index contributed by atoms with van der Waals surface area (Å²) in [6.45, 7) is 3.28. The van der Waals surface area contributed by atoms with E-state index in [9.17, 15) is 4.79 Å². The van der Waals surface area contributed by atoms with Crippen molar-refractivity contribution < 1.29 is 4.79 Å². The van der Waals surface area contributed by atoms with Crippen LogP contribution in [0.15, 0.2) is 36.7 Å². The van der Waals surface area contributed by atoms with Crippen LogP contribution < -0.4 is 0 Å². The highest BCUT2D eigenvalue weighted by atomic mass is 16.2. The van der Waals surface area contributed by atoms with Gasteiger partial charge in [-0.15, -0.1) is 0 Å². The van der Waals surface area contributed by atoms with Crippen molar-refractivity contribution in [2.24, 2.45) is 0 Å². The average Bonchev–Trinajstić information content (AvgIpc) is 2.46. The predicted molar refractivity (Wildman–Crippen MR) is 71.7 cm³/mol. The monoisotopic (exact) mass is 253 g/mol. The Labute approximate surface area is 112 Å². The van der Waals surface area contributed by atoms with Crippen LogP contribution in [-0.2, 0) is 13.0 Å². The van der Waals surface area contributed by atoms with Crippen molar-refractivity contribution in [3.63, 3.8) is 0 Å². The molecule has 1 aliphatic heterocycles. The fraction of sp³-hybridized carbons (Fsp3) is 0.267. The second-order valence-corrected chi connectivity index (χ2v) is 4.79. The number of amides is 1. The Kier molecular flexibility index (Phi) is 2.99. The first-order chi connectivity index (χ1) is 9.24. The quantitative estimate of drug-likeness (QED) is 0.780. The molecule has 19 heavy (non-hydrogen) atoms. The Hall–Kier alpha value is -2.23. The lowest BCUT2D eigenvalue weighted by molar-refractivity contribution is 0.0728. The number of aromatic nitrogens is 2. The zero-order chi connectivity index (χ0) is 13.2. The zero-order valence-corrected chi connectivity index (χ0v) is 10.8. The minimum atomic E-state index is -0.0139. The molecule has 1 aromatic heterocycles. The summed E-state index contributed by atoms with van der Waals surface area (Å²) in [5, 5.41) is 0. The standard InChI is InChI=1S/C15H15N3O/c1-11-8-14(17-10-16-11)15(19)18-7-6-12-4-2-3-5-13(12)9-18/h2-5,8,10H,6-7,9H2,1H3. The third kappa shape index (κ3) is 2.34. The van der Waals surface area contributed by atoms with Gasteiger partial charge in [0.1, 0.15) is 12.0 Å². The molecule has 1 aromatic carbocycles. The number of hydrogen-bond acceptors (Lipinski definition) is 3. The van der Waals surface area contributed by atoms with Crippen molar-refractivity contribution in [1.82, 2.24) is 14.9 Å². The third-order valence-corrected chi connectivity index (χ3v) is 3.44. The highest BCUT2D eigenvalue weighted by Gasteiger charge is 2.22. The molecule has 0 atom stereocenters. The average molecular weight is 253 g/mol. The molecule has 0 unspecified atom stereocenters. The van der Waals surface area contributed by atoms with Crippen molar-refractivity contribution in [1.29, 1.82) is 0 Å². The molecule has 0 saturated carbocycles. The largest absolute Gasteiger partial charge is 0.333 e. The molecule has 1 aliphatic rings. The van der Waals surface area contributed by atoms with Crippen LogP contribution in [0.3, 0.4) is 0 Å². The Morgan fingerprint density at radius 1 is 1.21 bits per heavy atom. The van der Waals surface area contributed by atoms with Gasteiger partial charge in [-0.2, -0.15) is 0 Å². The third-order valence-electron chi connectivity index (χ3n) is 3.44. The highest BCUT2D eigenvalue weighted by Crippen LogP contribution is 2.19. The van der Waals surface area contributed by atoms with Crippen molar-refractivity contribution in [2.45, 2.75) is 19.9 Å². The van der Waals surface area contributed by atoms with Gasteiger partial charge in [-0.25, -0.2) is 9.97 Å². The topological polar surface area (TPSA) is 46.1 Å². The highest BCUT2D eigenvalue weighted by molar-refractivity contribution is 5.92. The van der Waals surface area contributed by atoms with Gasteiger partial charge in [-0.05, 0) is 30.5 Å². The molecule has 0 bridgehead atoms. The van der Waals surface area contributed by atoms with Crippen molar-refractivity contribution in [3.8, 4) is 0 Å². The molecule has 2 heterocycles. The lowest BCUT2D eigenvalue weighted by Crippen LogP contribution is -2.36. The van der Waals surface area contributed by atoms with Crippen LogP contribution in [0.4, 0.5) is 0 Å². The molecular weight excluding hydrogens is 238 g/mol. The smallest absolute Gasteiger partial charge is 0.272 e. The van der Waals surface area contributed by atoms with E-state index in [2.05, 4.69) is 22.1 Å². The number of benzene rings is 1. The molecule has 0 spiro atoms. The van der Waals surface area contributed by atoms with Gasteiger partial charge in [0.25, 0.3) is 5.91 Å². The van der Waals surface area contributed by atoms with E-state index in [1.165, 1.54) is 17.5 Å². The summed E-state index contributed by atoms with van der Waals surface area (Å²) in [4.78, 5) is 22.3. The van der Waals surface area contributed by atoms with E-state index in [-0.39, 0.29) is 5.91 Å². The van der Waals surface area contributed by atoms with Gasteiger partial charge in [-0.3, -0.25) is 4.79 Å². The number of aryl methyl sites for hydroxylation is 1. The van der Waals surface area contributed by atoms with Gasteiger partial charge in [0.15, 0.2) is 0 Å². The summed E-state index contributed by atoms with van der Waals surface area (Å²) in [5.74, 6) is -0.0139. The summed E-state index contributed by atoms with van der Waals surface area (Å²) in [6.07, 6.45) is 2.35. The van der Waals surface area contributed by atoms with E-state index in [0.717, 1.165) is 18.7 Å². The van der Waals surface area contributed by atoms with Crippen LogP contribution >= 0.6 is 0 Å². The second-order valence-electron chi connectivity index (χ2n) is 4.79. The molecule has 0 N–H and O–H groups in total. The van der Waals surface area contributed by atoms with Gasteiger partial charge in [0.05, 0.1) is 0 Å². The van der Waals surface area contributed by atoms with E-state index in [0.29, 0.717) is 12.2 Å². The van der Waals surface area contributed by atoms with E-state index < -0.39 is 0 Å². The maximum Gasteiger partial charge on any atom is 0.272 e. The molecule has 2 aromatic rings. The number of rotatable bonds is 1. The summed E-state index contributed by atoms with van der Waals surface area (Å²) in [5.41, 5.74) is 3.86. The summed E-state index contributed by atoms with van der Waals surface area (Å²) < 4.78 is 0. The molecule has 96 valence electrons. The zero-order valence-electron chi connectivity index (χ0n) is 10.8. The molecule has 0 saturated heterocycles. The van der Waals surface area contributed by atoms with E-state index in [1.807, 2.05) is 24.0 Å². The molecule has 4 heteroatoms. The Morgan fingerprint density at radius 2 is 2.00 bits per heavy atom. The van der Waals surface area contributed by atoms with Gasteiger partial charge in [0, 0.05) is 18.8 Å². The van der Waals surface area contributed by atoms with Crippen molar-refractivity contribution >= 4 is 5.91 Å². The molecule has 0 aliphatic carbocycles. The first-order valence-corrected chi connectivity index (χ1v) is 6.39. The lowest BCUT2D eigenvalue weighted by atomic mass is 10.00. The van der Waals surface area contributed by atoms with Crippen LogP contribution in [-0.4, -0.2) is 27.3 Å². The minimum absolute atomic E-state index is 0.0139. The van der Waals surface area contributed by atoms with E-state index >= 15 is 0 Å².